The first-order chi connectivity index (χ1) is 9.28. The summed E-state index contributed by atoms with van der Waals surface area (Å²) in [6.45, 7) is 0. The van der Waals surface area contributed by atoms with Gasteiger partial charge in [0.1, 0.15) is 5.82 Å². The average molecular weight is 301 g/mol. The second-order valence-corrected chi connectivity index (χ2v) is 6.22. The zero-order chi connectivity index (χ0) is 14.9. The van der Waals surface area contributed by atoms with Crippen LogP contribution in [0.15, 0.2) is 41.3 Å². The third kappa shape index (κ3) is 3.11. The van der Waals surface area contributed by atoms with Gasteiger partial charge in [-0.25, -0.2) is 21.6 Å². The predicted octanol–water partition coefficient (Wildman–Crippen LogP) is 2.66. The van der Waals surface area contributed by atoms with Crippen LogP contribution in [0.3, 0.4) is 0 Å². The molecule has 0 unspecified atom stereocenters. The zero-order valence-electron chi connectivity index (χ0n) is 10.1. The SMILES string of the molecule is Nc1cc(F)cc(S(=O)(=O)Cc2ccc(F)c(F)c2)c1. The van der Waals surface area contributed by atoms with Crippen molar-refractivity contribution >= 4 is 15.5 Å². The average Bonchev–Trinajstić information content (AvgIpc) is 2.32. The van der Waals surface area contributed by atoms with Gasteiger partial charge in [0, 0.05) is 5.69 Å². The Balaban J connectivity index is 2.37. The molecule has 20 heavy (non-hydrogen) atoms. The summed E-state index contributed by atoms with van der Waals surface area (Å²) in [4.78, 5) is -0.306. The van der Waals surface area contributed by atoms with E-state index in [2.05, 4.69) is 0 Å². The van der Waals surface area contributed by atoms with Gasteiger partial charge in [0.15, 0.2) is 21.5 Å². The van der Waals surface area contributed by atoms with Gasteiger partial charge < -0.3 is 5.73 Å². The Morgan fingerprint density at radius 2 is 1.65 bits per heavy atom. The highest BCUT2D eigenvalue weighted by Gasteiger charge is 2.18. The van der Waals surface area contributed by atoms with Crippen molar-refractivity contribution in [2.24, 2.45) is 0 Å². The smallest absolute Gasteiger partial charge is 0.182 e. The van der Waals surface area contributed by atoms with Crippen molar-refractivity contribution in [3.05, 3.63) is 59.4 Å². The molecule has 0 heterocycles. The number of anilines is 1. The first-order valence-electron chi connectivity index (χ1n) is 5.51. The van der Waals surface area contributed by atoms with E-state index in [9.17, 15) is 21.6 Å². The molecule has 0 fully saturated rings. The molecule has 3 nitrogen and oxygen atoms in total. The Labute approximate surface area is 113 Å². The highest BCUT2D eigenvalue weighted by atomic mass is 32.2. The summed E-state index contributed by atoms with van der Waals surface area (Å²) in [5, 5.41) is 0. The lowest BCUT2D eigenvalue weighted by Gasteiger charge is -2.06. The molecule has 0 aromatic heterocycles. The van der Waals surface area contributed by atoms with Crippen LogP contribution in [0.4, 0.5) is 18.9 Å². The molecule has 0 bridgehead atoms. The third-order valence-electron chi connectivity index (χ3n) is 2.59. The largest absolute Gasteiger partial charge is 0.399 e. The third-order valence-corrected chi connectivity index (χ3v) is 4.26. The molecule has 0 spiro atoms. The monoisotopic (exact) mass is 301 g/mol. The Hall–Kier alpha value is -2.02. The van der Waals surface area contributed by atoms with Crippen LogP contribution in [0.2, 0.25) is 0 Å². The summed E-state index contributed by atoms with van der Waals surface area (Å²) in [5.41, 5.74) is 5.41. The van der Waals surface area contributed by atoms with Crippen LogP contribution >= 0.6 is 0 Å². The Kier molecular flexibility index (Phi) is 3.71. The fourth-order valence-corrected chi connectivity index (χ4v) is 3.09. The molecule has 0 saturated carbocycles. The van der Waals surface area contributed by atoms with Crippen molar-refractivity contribution in [1.29, 1.82) is 0 Å². The van der Waals surface area contributed by atoms with Gasteiger partial charge >= 0.3 is 0 Å². The van der Waals surface area contributed by atoms with Crippen molar-refractivity contribution in [2.45, 2.75) is 10.6 Å². The maximum Gasteiger partial charge on any atom is 0.182 e. The quantitative estimate of drug-likeness (QED) is 0.887. The molecule has 0 aliphatic rings. The topological polar surface area (TPSA) is 60.2 Å². The van der Waals surface area contributed by atoms with Crippen LogP contribution in [0.5, 0.6) is 0 Å². The lowest BCUT2D eigenvalue weighted by molar-refractivity contribution is 0.507. The van der Waals surface area contributed by atoms with E-state index in [1.165, 1.54) is 0 Å². The van der Waals surface area contributed by atoms with E-state index in [0.717, 1.165) is 36.4 Å². The fraction of sp³-hybridized carbons (Fsp3) is 0.0769. The van der Waals surface area contributed by atoms with Crippen LogP contribution < -0.4 is 5.73 Å². The second-order valence-electron chi connectivity index (χ2n) is 4.23. The number of nitrogens with two attached hydrogens (primary N) is 1. The molecule has 0 aliphatic carbocycles. The first kappa shape index (κ1) is 14.4. The lowest BCUT2D eigenvalue weighted by atomic mass is 10.2. The maximum atomic E-state index is 13.2. The van der Waals surface area contributed by atoms with Gasteiger partial charge in [-0.05, 0) is 35.9 Å². The highest BCUT2D eigenvalue weighted by molar-refractivity contribution is 7.90. The summed E-state index contributed by atoms with van der Waals surface area (Å²) in [6, 6.07) is 5.69. The first-order valence-corrected chi connectivity index (χ1v) is 7.16. The molecule has 2 aromatic rings. The molecule has 0 atom stereocenters. The summed E-state index contributed by atoms with van der Waals surface area (Å²) in [7, 11) is -3.90. The van der Waals surface area contributed by atoms with Crippen molar-refractivity contribution in [1.82, 2.24) is 0 Å². The molecule has 0 aliphatic heterocycles. The van der Waals surface area contributed by atoms with E-state index in [1.54, 1.807) is 0 Å². The predicted molar refractivity (Wildman–Crippen MR) is 68.1 cm³/mol. The second kappa shape index (κ2) is 5.16. The number of rotatable bonds is 3. The van der Waals surface area contributed by atoms with Crippen LogP contribution in [0, 0.1) is 17.5 Å². The molecule has 106 valence electrons. The molecular weight excluding hydrogens is 291 g/mol. The molecule has 0 amide bonds. The van der Waals surface area contributed by atoms with Crippen molar-refractivity contribution in [3.8, 4) is 0 Å². The number of hydrogen-bond acceptors (Lipinski definition) is 3. The minimum absolute atomic E-state index is 0.0335. The molecule has 0 radical (unpaired) electrons. The number of halogens is 3. The number of hydrogen-bond donors (Lipinski definition) is 1. The van der Waals surface area contributed by atoms with E-state index in [0.29, 0.717) is 0 Å². The van der Waals surface area contributed by atoms with Gasteiger partial charge in [0.2, 0.25) is 0 Å². The van der Waals surface area contributed by atoms with E-state index in [4.69, 9.17) is 5.73 Å². The fourth-order valence-electron chi connectivity index (χ4n) is 1.70. The number of sulfone groups is 1. The van der Waals surface area contributed by atoms with Crippen molar-refractivity contribution in [2.75, 3.05) is 5.73 Å². The minimum Gasteiger partial charge on any atom is -0.399 e. The van der Waals surface area contributed by atoms with Gasteiger partial charge in [-0.1, -0.05) is 6.07 Å². The maximum absolute atomic E-state index is 13.2. The molecule has 2 N–H and O–H groups in total. The molecule has 7 heteroatoms. The number of benzene rings is 2. The summed E-state index contributed by atoms with van der Waals surface area (Å²) in [6.07, 6.45) is 0. The van der Waals surface area contributed by atoms with Crippen molar-refractivity contribution in [3.63, 3.8) is 0 Å². The number of nitrogen functional groups attached to an aromatic ring is 1. The van der Waals surface area contributed by atoms with Gasteiger partial charge in [-0.15, -0.1) is 0 Å². The van der Waals surface area contributed by atoms with Crippen LogP contribution in [-0.2, 0) is 15.6 Å². The van der Waals surface area contributed by atoms with Crippen LogP contribution in [-0.4, -0.2) is 8.42 Å². The molecule has 2 rings (SSSR count). The molecule has 0 saturated heterocycles. The van der Waals surface area contributed by atoms with Gasteiger partial charge in [0.25, 0.3) is 0 Å². The zero-order valence-corrected chi connectivity index (χ0v) is 10.9. The lowest BCUT2D eigenvalue weighted by Crippen LogP contribution is -2.07. The van der Waals surface area contributed by atoms with Crippen molar-refractivity contribution < 1.29 is 21.6 Å². The van der Waals surface area contributed by atoms with Gasteiger partial charge in [-0.2, -0.15) is 0 Å². The van der Waals surface area contributed by atoms with Gasteiger partial charge in [0.05, 0.1) is 10.6 Å². The Bertz CT molecular complexity index is 740. The van der Waals surface area contributed by atoms with E-state index >= 15 is 0 Å². The Morgan fingerprint density at radius 1 is 0.950 bits per heavy atom. The normalized spacial score (nSPS) is 11.6. The summed E-state index contributed by atoms with van der Waals surface area (Å²) < 4.78 is 63.1. The van der Waals surface area contributed by atoms with E-state index in [-0.39, 0.29) is 16.1 Å². The Morgan fingerprint density at radius 3 is 2.25 bits per heavy atom. The van der Waals surface area contributed by atoms with Crippen LogP contribution in [0.1, 0.15) is 5.56 Å². The molecule has 2 aromatic carbocycles. The standard InChI is InChI=1S/C13H10F3NO2S/c14-9-4-10(17)6-11(5-9)20(18,19)7-8-1-2-12(15)13(16)3-8/h1-6H,7,17H2. The van der Waals surface area contributed by atoms with E-state index in [1.807, 2.05) is 0 Å². The summed E-state index contributed by atoms with van der Waals surface area (Å²) >= 11 is 0. The van der Waals surface area contributed by atoms with Crippen LogP contribution in [0.25, 0.3) is 0 Å². The molecular formula is C13H10F3NO2S. The highest BCUT2D eigenvalue weighted by Crippen LogP contribution is 2.21. The minimum atomic E-state index is -3.90. The van der Waals surface area contributed by atoms with E-state index < -0.39 is 33.0 Å². The van der Waals surface area contributed by atoms with Gasteiger partial charge in [-0.3, -0.25) is 0 Å². The summed E-state index contributed by atoms with van der Waals surface area (Å²) in [5.74, 6) is -3.57.